The van der Waals surface area contributed by atoms with E-state index in [1.807, 2.05) is 40.8 Å². The van der Waals surface area contributed by atoms with Crippen LogP contribution in [-0.4, -0.2) is 72.3 Å². The van der Waals surface area contributed by atoms with Crippen molar-refractivity contribution >= 4 is 11.9 Å². The van der Waals surface area contributed by atoms with Gasteiger partial charge >= 0.3 is 5.97 Å². The Bertz CT molecular complexity index is 673. The minimum Gasteiger partial charge on any atom is -0.460 e. The molecule has 1 aromatic rings. The van der Waals surface area contributed by atoms with Crippen molar-refractivity contribution in [3.05, 3.63) is 17.5 Å². The Morgan fingerprint density at radius 3 is 2.50 bits per heavy atom. The molecule has 0 aliphatic carbocycles. The van der Waals surface area contributed by atoms with Crippen LogP contribution in [0, 0.1) is 6.92 Å². The van der Waals surface area contributed by atoms with Gasteiger partial charge in [0.15, 0.2) is 5.96 Å². The van der Waals surface area contributed by atoms with Gasteiger partial charge in [-0.3, -0.25) is 14.7 Å². The van der Waals surface area contributed by atoms with Gasteiger partial charge in [-0.05, 0) is 40.5 Å². The quantitative estimate of drug-likeness (QED) is 0.284. The molecule has 1 N–H and O–H groups in total. The Morgan fingerprint density at radius 1 is 1.20 bits per heavy atom. The third-order valence-electron chi connectivity index (χ3n) is 4.96. The molecule has 1 aromatic heterocycles. The topological polar surface area (TPSA) is 83.2 Å². The highest BCUT2D eigenvalue weighted by molar-refractivity contribution is 5.79. The fourth-order valence-corrected chi connectivity index (χ4v) is 3.51. The maximum Gasteiger partial charge on any atom is 0.306 e. The molecule has 1 saturated heterocycles. The number of unbranched alkanes of at least 4 members (excludes halogenated alkanes) is 3. The van der Waals surface area contributed by atoms with Crippen molar-refractivity contribution in [2.75, 3.05) is 39.8 Å². The fraction of sp³-hybridized carbons (Fsp3) is 0.773. The molecule has 0 saturated carbocycles. The molecule has 0 radical (unpaired) electrons. The van der Waals surface area contributed by atoms with E-state index in [1.54, 1.807) is 0 Å². The summed E-state index contributed by atoms with van der Waals surface area (Å²) >= 11 is 0. The van der Waals surface area contributed by atoms with E-state index in [2.05, 4.69) is 25.3 Å². The summed E-state index contributed by atoms with van der Waals surface area (Å²) in [5, 5.41) is 7.56. The zero-order valence-electron chi connectivity index (χ0n) is 19.4. The van der Waals surface area contributed by atoms with Crippen LogP contribution in [0.1, 0.15) is 64.3 Å². The molecule has 0 atom stereocenters. The maximum absolute atomic E-state index is 11.7. The second-order valence-corrected chi connectivity index (χ2v) is 8.92. The Labute approximate surface area is 181 Å². The lowest BCUT2D eigenvalue weighted by molar-refractivity contribution is -0.154. The molecule has 2 rings (SSSR count). The van der Waals surface area contributed by atoms with Crippen molar-refractivity contribution in [1.29, 1.82) is 0 Å². The van der Waals surface area contributed by atoms with Gasteiger partial charge in [0.25, 0.3) is 0 Å². The molecule has 2 heterocycles. The molecule has 0 unspecified atom stereocenters. The number of hydrogen-bond donors (Lipinski definition) is 1. The van der Waals surface area contributed by atoms with Gasteiger partial charge in [-0.1, -0.05) is 18.0 Å². The van der Waals surface area contributed by atoms with Gasteiger partial charge in [0.05, 0.1) is 5.69 Å². The van der Waals surface area contributed by atoms with Gasteiger partial charge in [0.1, 0.15) is 11.4 Å². The van der Waals surface area contributed by atoms with Crippen LogP contribution in [0.4, 0.5) is 0 Å². The first kappa shape index (κ1) is 24.2. The summed E-state index contributed by atoms with van der Waals surface area (Å²) in [5.41, 5.74) is 0.604. The first-order chi connectivity index (χ1) is 14.3. The minimum absolute atomic E-state index is 0.0983. The molecule has 170 valence electrons. The van der Waals surface area contributed by atoms with Gasteiger partial charge < -0.3 is 19.5 Å². The summed E-state index contributed by atoms with van der Waals surface area (Å²) < 4.78 is 10.5. The number of piperazine rings is 1. The predicted molar refractivity (Wildman–Crippen MR) is 118 cm³/mol. The van der Waals surface area contributed by atoms with Crippen molar-refractivity contribution in [3.63, 3.8) is 0 Å². The first-order valence-electron chi connectivity index (χ1n) is 11.1. The van der Waals surface area contributed by atoms with Crippen LogP contribution in [0.2, 0.25) is 0 Å². The number of guanidine groups is 1. The van der Waals surface area contributed by atoms with Crippen LogP contribution in [0.5, 0.6) is 0 Å². The molecular formula is C22H39N5O3. The molecule has 8 heteroatoms. The average molecular weight is 422 g/mol. The number of rotatable bonds is 9. The number of aromatic nitrogens is 1. The van der Waals surface area contributed by atoms with Crippen LogP contribution >= 0.6 is 0 Å². The van der Waals surface area contributed by atoms with E-state index in [-0.39, 0.29) is 5.97 Å². The molecule has 8 nitrogen and oxygen atoms in total. The van der Waals surface area contributed by atoms with Crippen LogP contribution in [0.3, 0.4) is 0 Å². The summed E-state index contributed by atoms with van der Waals surface area (Å²) in [7, 11) is 1.84. The number of ether oxygens (including phenoxy) is 1. The number of aliphatic imine (C=N–C) groups is 1. The van der Waals surface area contributed by atoms with E-state index in [0.29, 0.717) is 6.42 Å². The minimum atomic E-state index is -0.391. The molecule has 0 spiro atoms. The lowest BCUT2D eigenvalue weighted by atomic mass is 10.1. The molecule has 30 heavy (non-hydrogen) atoms. The van der Waals surface area contributed by atoms with E-state index in [4.69, 9.17) is 9.26 Å². The third-order valence-corrected chi connectivity index (χ3v) is 4.96. The Balaban J connectivity index is 1.55. The monoisotopic (exact) mass is 421 g/mol. The summed E-state index contributed by atoms with van der Waals surface area (Å²) in [6.45, 7) is 13.2. The smallest absolute Gasteiger partial charge is 0.306 e. The highest BCUT2D eigenvalue weighted by atomic mass is 16.6. The van der Waals surface area contributed by atoms with Crippen molar-refractivity contribution < 1.29 is 14.1 Å². The summed E-state index contributed by atoms with van der Waals surface area (Å²) in [4.78, 5) is 20.9. The van der Waals surface area contributed by atoms with E-state index < -0.39 is 5.60 Å². The summed E-state index contributed by atoms with van der Waals surface area (Å²) in [5.74, 6) is 1.73. The fourth-order valence-electron chi connectivity index (χ4n) is 3.51. The Kier molecular flexibility index (Phi) is 9.62. The van der Waals surface area contributed by atoms with Crippen molar-refractivity contribution in [2.45, 2.75) is 71.9 Å². The first-order valence-corrected chi connectivity index (χ1v) is 11.1. The second-order valence-electron chi connectivity index (χ2n) is 8.92. The SMILES string of the molecule is CN=C(NCCCCCCC(=O)OC(C)(C)C)N1CCN(Cc2cc(C)on2)CC1. The van der Waals surface area contributed by atoms with Gasteiger partial charge in [-0.2, -0.15) is 0 Å². The third kappa shape index (κ3) is 9.15. The van der Waals surface area contributed by atoms with Crippen molar-refractivity contribution in [1.82, 2.24) is 20.3 Å². The second kappa shape index (κ2) is 11.9. The van der Waals surface area contributed by atoms with E-state index in [1.165, 1.54) is 0 Å². The highest BCUT2D eigenvalue weighted by Gasteiger charge is 2.20. The lowest BCUT2D eigenvalue weighted by Gasteiger charge is -2.36. The number of esters is 1. The molecule has 0 amide bonds. The number of carbonyl (C=O) groups excluding carboxylic acids is 1. The van der Waals surface area contributed by atoms with E-state index in [9.17, 15) is 4.79 Å². The number of nitrogens with zero attached hydrogens (tertiary/aromatic N) is 4. The van der Waals surface area contributed by atoms with Gasteiger partial charge in [0.2, 0.25) is 0 Å². The summed E-state index contributed by atoms with van der Waals surface area (Å²) in [6, 6.07) is 2.00. The number of nitrogens with one attached hydrogen (secondary N) is 1. The van der Waals surface area contributed by atoms with Gasteiger partial charge in [-0.25, -0.2) is 0 Å². The molecule has 1 fully saturated rings. The molecule has 1 aliphatic rings. The Hall–Kier alpha value is -2.09. The van der Waals surface area contributed by atoms with Gasteiger partial charge in [0, 0.05) is 58.8 Å². The van der Waals surface area contributed by atoms with Crippen molar-refractivity contribution in [3.8, 4) is 0 Å². The normalized spacial score (nSPS) is 16.0. The number of hydrogen-bond acceptors (Lipinski definition) is 6. The molecular weight excluding hydrogens is 382 g/mol. The largest absolute Gasteiger partial charge is 0.460 e. The van der Waals surface area contributed by atoms with E-state index >= 15 is 0 Å². The van der Waals surface area contributed by atoms with Crippen molar-refractivity contribution in [2.24, 2.45) is 4.99 Å². The summed E-state index contributed by atoms with van der Waals surface area (Å²) in [6.07, 6.45) is 4.59. The predicted octanol–water partition coefficient (Wildman–Crippen LogP) is 2.97. The van der Waals surface area contributed by atoms with Gasteiger partial charge in [-0.15, -0.1) is 0 Å². The number of carbonyl (C=O) groups is 1. The lowest BCUT2D eigenvalue weighted by Crippen LogP contribution is -2.52. The van der Waals surface area contributed by atoms with Crippen LogP contribution < -0.4 is 5.32 Å². The molecule has 0 aromatic carbocycles. The van der Waals surface area contributed by atoms with Crippen LogP contribution in [0.15, 0.2) is 15.6 Å². The average Bonchev–Trinajstić information content (AvgIpc) is 3.08. The standard InChI is InChI=1S/C22H39N5O3/c1-18-16-19(25-30-18)17-26-12-14-27(15-13-26)21(23-5)24-11-9-7-6-8-10-20(28)29-22(2,3)4/h16H,6-15,17H2,1-5H3,(H,23,24). The molecule has 1 aliphatic heterocycles. The maximum atomic E-state index is 11.7. The van der Waals surface area contributed by atoms with E-state index in [0.717, 1.165) is 82.4 Å². The Morgan fingerprint density at radius 2 is 1.90 bits per heavy atom. The zero-order chi connectivity index (χ0) is 22.0. The zero-order valence-corrected chi connectivity index (χ0v) is 19.4. The van der Waals surface area contributed by atoms with Crippen LogP contribution in [-0.2, 0) is 16.1 Å². The number of aryl methyl sites for hydroxylation is 1. The van der Waals surface area contributed by atoms with Crippen LogP contribution in [0.25, 0.3) is 0 Å². The molecule has 0 bridgehead atoms. The highest BCUT2D eigenvalue weighted by Crippen LogP contribution is 2.11.